The average Bonchev–Trinajstić information content (AvgIpc) is 2.33. The average molecular weight is 345 g/mol. The summed E-state index contributed by atoms with van der Waals surface area (Å²) < 4.78 is 14.3. The van der Waals surface area contributed by atoms with Crippen LogP contribution in [0.3, 0.4) is 0 Å². The van der Waals surface area contributed by atoms with Gasteiger partial charge in [-0.25, -0.2) is 14.4 Å². The molecule has 0 saturated carbocycles. The third-order valence-corrected chi connectivity index (χ3v) is 3.06. The first kappa shape index (κ1) is 14.2. The zero-order valence-corrected chi connectivity index (χ0v) is 12.8. The predicted molar refractivity (Wildman–Crippen MR) is 78.5 cm³/mol. The molecule has 0 saturated heterocycles. The zero-order valence-electron chi connectivity index (χ0n) is 10.4. The molecule has 0 unspecified atom stereocenters. The standard InChI is InChI=1S/C13H12BrClFN3/c1-7(2)13-18-11(14)6-12(19-13)17-10-5-8(15)3-4-9(10)16/h3-7H,1-2H3,(H,17,18,19). The fourth-order valence-corrected chi connectivity index (χ4v) is 2.06. The highest BCUT2D eigenvalue weighted by atomic mass is 79.9. The minimum absolute atomic E-state index is 0.183. The summed E-state index contributed by atoms with van der Waals surface area (Å²) in [6.45, 7) is 3.98. The highest BCUT2D eigenvalue weighted by molar-refractivity contribution is 9.10. The lowest BCUT2D eigenvalue weighted by Gasteiger charge is -2.10. The first-order valence-corrected chi connectivity index (χ1v) is 6.89. The number of rotatable bonds is 3. The second-order valence-corrected chi connectivity index (χ2v) is 5.59. The largest absolute Gasteiger partial charge is 0.338 e. The van der Waals surface area contributed by atoms with Crippen LogP contribution in [0.5, 0.6) is 0 Å². The van der Waals surface area contributed by atoms with Gasteiger partial charge in [0.1, 0.15) is 22.1 Å². The van der Waals surface area contributed by atoms with Gasteiger partial charge < -0.3 is 5.32 Å². The van der Waals surface area contributed by atoms with Crippen LogP contribution < -0.4 is 5.32 Å². The van der Waals surface area contributed by atoms with Gasteiger partial charge in [-0.15, -0.1) is 0 Å². The van der Waals surface area contributed by atoms with Crippen molar-refractivity contribution in [1.29, 1.82) is 0 Å². The van der Waals surface area contributed by atoms with Crippen molar-refractivity contribution in [3.63, 3.8) is 0 Å². The van der Waals surface area contributed by atoms with Crippen molar-refractivity contribution >= 4 is 39.0 Å². The topological polar surface area (TPSA) is 37.8 Å². The van der Waals surface area contributed by atoms with Crippen molar-refractivity contribution in [2.45, 2.75) is 19.8 Å². The lowest BCUT2D eigenvalue weighted by atomic mass is 10.2. The van der Waals surface area contributed by atoms with Gasteiger partial charge in [0.25, 0.3) is 0 Å². The summed E-state index contributed by atoms with van der Waals surface area (Å²) in [6.07, 6.45) is 0. The fraction of sp³-hybridized carbons (Fsp3) is 0.231. The van der Waals surface area contributed by atoms with E-state index >= 15 is 0 Å². The van der Waals surface area contributed by atoms with E-state index < -0.39 is 0 Å². The van der Waals surface area contributed by atoms with E-state index in [1.165, 1.54) is 18.2 Å². The highest BCUT2D eigenvalue weighted by Gasteiger charge is 2.09. The normalized spacial score (nSPS) is 10.8. The van der Waals surface area contributed by atoms with Gasteiger partial charge in [0.2, 0.25) is 0 Å². The molecule has 0 aliphatic carbocycles. The zero-order chi connectivity index (χ0) is 14.0. The van der Waals surface area contributed by atoms with Gasteiger partial charge in [-0.3, -0.25) is 0 Å². The van der Waals surface area contributed by atoms with Crippen molar-refractivity contribution in [2.75, 3.05) is 5.32 Å². The molecule has 0 spiro atoms. The Balaban J connectivity index is 2.35. The summed E-state index contributed by atoms with van der Waals surface area (Å²) in [7, 11) is 0. The van der Waals surface area contributed by atoms with Crippen LogP contribution in [0.2, 0.25) is 5.02 Å². The molecular formula is C13H12BrClFN3. The lowest BCUT2D eigenvalue weighted by Crippen LogP contribution is -2.03. The van der Waals surface area contributed by atoms with Gasteiger partial charge in [-0.1, -0.05) is 25.4 Å². The Morgan fingerprint density at radius 2 is 2.00 bits per heavy atom. The molecule has 1 N–H and O–H groups in total. The Morgan fingerprint density at radius 1 is 1.26 bits per heavy atom. The summed E-state index contributed by atoms with van der Waals surface area (Å²) in [5.41, 5.74) is 0.285. The molecule has 0 bridgehead atoms. The third-order valence-electron chi connectivity index (χ3n) is 2.42. The van der Waals surface area contributed by atoms with Gasteiger partial charge in [-0.2, -0.15) is 0 Å². The van der Waals surface area contributed by atoms with E-state index in [1.807, 2.05) is 13.8 Å². The van der Waals surface area contributed by atoms with Crippen LogP contribution in [0.25, 0.3) is 0 Å². The summed E-state index contributed by atoms with van der Waals surface area (Å²) in [6, 6.07) is 6.01. The van der Waals surface area contributed by atoms with E-state index in [0.717, 1.165) is 0 Å². The van der Waals surface area contributed by atoms with E-state index in [1.54, 1.807) is 6.07 Å². The Hall–Kier alpha value is -1.20. The number of aromatic nitrogens is 2. The highest BCUT2D eigenvalue weighted by Crippen LogP contribution is 2.25. The summed E-state index contributed by atoms with van der Waals surface area (Å²) in [5, 5.41) is 3.37. The molecule has 0 radical (unpaired) electrons. The molecule has 0 aliphatic rings. The molecule has 1 aromatic carbocycles. The third kappa shape index (κ3) is 3.64. The predicted octanol–water partition coefficient (Wildman–Crippen LogP) is 4.90. The fourth-order valence-electron chi connectivity index (χ4n) is 1.49. The second kappa shape index (κ2) is 5.84. The number of halogens is 3. The maximum Gasteiger partial charge on any atom is 0.146 e. The maximum absolute atomic E-state index is 13.6. The monoisotopic (exact) mass is 343 g/mol. The number of nitrogens with one attached hydrogen (secondary N) is 1. The van der Waals surface area contributed by atoms with E-state index in [2.05, 4.69) is 31.2 Å². The Bertz CT molecular complexity index is 604. The molecule has 3 nitrogen and oxygen atoms in total. The van der Waals surface area contributed by atoms with Gasteiger partial charge in [0, 0.05) is 17.0 Å². The Kier molecular flexibility index (Phi) is 4.37. The lowest BCUT2D eigenvalue weighted by molar-refractivity contribution is 0.631. The molecule has 100 valence electrons. The molecular weight excluding hydrogens is 333 g/mol. The van der Waals surface area contributed by atoms with E-state index in [4.69, 9.17) is 11.6 Å². The minimum atomic E-state index is -0.384. The summed E-state index contributed by atoms with van der Waals surface area (Å²) in [4.78, 5) is 8.60. The smallest absolute Gasteiger partial charge is 0.146 e. The van der Waals surface area contributed by atoms with Gasteiger partial charge in [0.15, 0.2) is 0 Å². The van der Waals surface area contributed by atoms with Crippen LogP contribution in [-0.4, -0.2) is 9.97 Å². The van der Waals surface area contributed by atoms with Crippen molar-refractivity contribution in [3.8, 4) is 0 Å². The van der Waals surface area contributed by atoms with Crippen molar-refractivity contribution < 1.29 is 4.39 Å². The Labute approximate surface area is 124 Å². The number of anilines is 2. The van der Waals surface area contributed by atoms with Gasteiger partial charge in [-0.05, 0) is 34.1 Å². The first-order valence-electron chi connectivity index (χ1n) is 5.72. The molecule has 6 heteroatoms. The second-order valence-electron chi connectivity index (χ2n) is 4.34. The van der Waals surface area contributed by atoms with Crippen LogP contribution in [0.1, 0.15) is 25.6 Å². The number of hydrogen-bond acceptors (Lipinski definition) is 3. The van der Waals surface area contributed by atoms with Crippen LogP contribution in [0, 0.1) is 5.82 Å². The van der Waals surface area contributed by atoms with E-state index in [9.17, 15) is 4.39 Å². The Morgan fingerprint density at radius 3 is 2.68 bits per heavy atom. The molecule has 19 heavy (non-hydrogen) atoms. The van der Waals surface area contributed by atoms with Gasteiger partial charge in [0.05, 0.1) is 5.69 Å². The number of nitrogens with zero attached hydrogens (tertiary/aromatic N) is 2. The van der Waals surface area contributed by atoms with Crippen molar-refractivity contribution in [2.24, 2.45) is 0 Å². The summed E-state index contributed by atoms with van der Waals surface area (Å²) >= 11 is 9.16. The quantitative estimate of drug-likeness (QED) is 0.805. The van der Waals surface area contributed by atoms with Crippen molar-refractivity contribution in [3.05, 3.63) is 45.5 Å². The van der Waals surface area contributed by atoms with E-state index in [-0.39, 0.29) is 17.4 Å². The summed E-state index contributed by atoms with van der Waals surface area (Å²) in [5.74, 6) is 0.999. The first-order chi connectivity index (χ1) is 8.95. The number of hydrogen-bond donors (Lipinski definition) is 1. The van der Waals surface area contributed by atoms with E-state index in [0.29, 0.717) is 21.3 Å². The van der Waals surface area contributed by atoms with Crippen LogP contribution in [0.15, 0.2) is 28.9 Å². The van der Waals surface area contributed by atoms with Crippen LogP contribution >= 0.6 is 27.5 Å². The SMILES string of the molecule is CC(C)c1nc(Br)cc(Nc2cc(Cl)ccc2F)n1. The molecule has 2 rings (SSSR count). The molecule has 0 amide bonds. The molecule has 0 atom stereocenters. The van der Waals surface area contributed by atoms with Crippen LogP contribution in [-0.2, 0) is 0 Å². The molecule has 1 aromatic heterocycles. The molecule has 0 aliphatic heterocycles. The molecule has 0 fully saturated rings. The van der Waals surface area contributed by atoms with Gasteiger partial charge >= 0.3 is 0 Å². The van der Waals surface area contributed by atoms with Crippen molar-refractivity contribution in [1.82, 2.24) is 9.97 Å². The molecule has 1 heterocycles. The minimum Gasteiger partial charge on any atom is -0.338 e. The maximum atomic E-state index is 13.6. The number of benzene rings is 1. The molecule has 2 aromatic rings. The van der Waals surface area contributed by atoms with Crippen LogP contribution in [0.4, 0.5) is 15.9 Å².